The van der Waals surface area contributed by atoms with E-state index in [4.69, 9.17) is 4.74 Å². The minimum Gasteiger partial charge on any atom is -0.452 e. The number of rotatable bonds is 5. The summed E-state index contributed by atoms with van der Waals surface area (Å²) in [6, 6.07) is 9.19. The van der Waals surface area contributed by atoms with Crippen LogP contribution in [0.2, 0.25) is 0 Å². The number of anilines is 1. The van der Waals surface area contributed by atoms with Crippen molar-refractivity contribution >= 4 is 39.2 Å². The molecule has 9 heteroatoms. The van der Waals surface area contributed by atoms with Crippen molar-refractivity contribution in [2.75, 3.05) is 11.9 Å². The van der Waals surface area contributed by atoms with Crippen molar-refractivity contribution in [1.29, 1.82) is 0 Å². The third-order valence-electron chi connectivity index (χ3n) is 2.86. The zero-order valence-corrected chi connectivity index (χ0v) is 13.6. The standard InChI is InChI=1S/C15H10BrFN2O5/c16-11-4-2-1-3-10(11)15(21)24-8-14(20)18-12-6-5-9(17)7-13(12)19(22)23/h1-7H,8H2,(H,18,20). The Hall–Kier alpha value is -2.81. The maximum Gasteiger partial charge on any atom is 0.339 e. The number of amides is 1. The molecule has 0 fully saturated rings. The number of nitrogens with one attached hydrogen (secondary N) is 1. The van der Waals surface area contributed by atoms with Gasteiger partial charge in [0.2, 0.25) is 0 Å². The molecule has 0 aliphatic carbocycles. The molecule has 0 unspecified atom stereocenters. The molecule has 0 heterocycles. The van der Waals surface area contributed by atoms with Gasteiger partial charge in [0.15, 0.2) is 6.61 Å². The summed E-state index contributed by atoms with van der Waals surface area (Å²) in [7, 11) is 0. The largest absolute Gasteiger partial charge is 0.452 e. The maximum atomic E-state index is 13.0. The SMILES string of the molecule is O=C(COC(=O)c1ccccc1Br)Nc1ccc(F)cc1[N+](=O)[O-]. The summed E-state index contributed by atoms with van der Waals surface area (Å²) in [4.78, 5) is 33.6. The van der Waals surface area contributed by atoms with Gasteiger partial charge in [0.05, 0.1) is 16.6 Å². The predicted octanol–water partition coefficient (Wildman–Crippen LogP) is 3.29. The van der Waals surface area contributed by atoms with Crippen molar-refractivity contribution in [1.82, 2.24) is 0 Å². The van der Waals surface area contributed by atoms with E-state index < -0.39 is 34.9 Å². The molecule has 0 aliphatic heterocycles. The summed E-state index contributed by atoms with van der Waals surface area (Å²) in [5.74, 6) is -2.32. The number of hydrogen-bond acceptors (Lipinski definition) is 5. The van der Waals surface area contributed by atoms with Gasteiger partial charge in [-0.05, 0) is 40.2 Å². The van der Waals surface area contributed by atoms with Crippen LogP contribution in [0.5, 0.6) is 0 Å². The van der Waals surface area contributed by atoms with Crippen LogP contribution < -0.4 is 5.32 Å². The number of esters is 1. The lowest BCUT2D eigenvalue weighted by atomic mass is 10.2. The Balaban J connectivity index is 2.01. The molecule has 0 atom stereocenters. The topological polar surface area (TPSA) is 98.5 Å². The third kappa shape index (κ3) is 4.35. The molecule has 24 heavy (non-hydrogen) atoms. The lowest BCUT2D eigenvalue weighted by Gasteiger charge is -2.08. The Bertz CT molecular complexity index is 812. The summed E-state index contributed by atoms with van der Waals surface area (Å²) in [5.41, 5.74) is -0.554. The van der Waals surface area contributed by atoms with Gasteiger partial charge in [0.1, 0.15) is 11.5 Å². The fourth-order valence-corrected chi connectivity index (χ4v) is 2.23. The maximum absolute atomic E-state index is 13.0. The quantitative estimate of drug-likeness (QED) is 0.474. The van der Waals surface area contributed by atoms with Crippen LogP contribution in [0.3, 0.4) is 0 Å². The number of nitro groups is 1. The highest BCUT2D eigenvalue weighted by Gasteiger charge is 2.18. The Kier molecular flexibility index (Phi) is 5.59. The van der Waals surface area contributed by atoms with Gasteiger partial charge in [-0.3, -0.25) is 14.9 Å². The molecule has 2 aromatic rings. The first-order chi connectivity index (χ1) is 11.4. The number of nitro benzene ring substituents is 1. The molecule has 0 radical (unpaired) electrons. The van der Waals surface area contributed by atoms with Crippen molar-refractivity contribution in [3.63, 3.8) is 0 Å². The van der Waals surface area contributed by atoms with E-state index in [1.807, 2.05) is 0 Å². The lowest BCUT2D eigenvalue weighted by Crippen LogP contribution is -2.21. The van der Waals surface area contributed by atoms with Crippen molar-refractivity contribution in [3.8, 4) is 0 Å². The molecule has 0 saturated carbocycles. The second-order valence-electron chi connectivity index (χ2n) is 4.52. The highest BCUT2D eigenvalue weighted by molar-refractivity contribution is 9.10. The molecule has 0 saturated heterocycles. The van der Waals surface area contributed by atoms with Gasteiger partial charge in [-0.2, -0.15) is 0 Å². The van der Waals surface area contributed by atoms with E-state index in [0.717, 1.165) is 12.1 Å². The Labute approximate surface area is 143 Å². The molecule has 2 aromatic carbocycles. The minimum atomic E-state index is -0.828. The molecule has 1 N–H and O–H groups in total. The Morgan fingerprint density at radius 3 is 2.62 bits per heavy atom. The molecule has 1 amide bonds. The van der Waals surface area contributed by atoms with Gasteiger partial charge in [-0.25, -0.2) is 9.18 Å². The number of carbonyl (C=O) groups is 2. The van der Waals surface area contributed by atoms with Crippen LogP contribution in [0.4, 0.5) is 15.8 Å². The van der Waals surface area contributed by atoms with Crippen molar-refractivity contribution in [3.05, 3.63) is 68.4 Å². The molecule has 0 aliphatic rings. The molecule has 0 bridgehead atoms. The zero-order valence-electron chi connectivity index (χ0n) is 12.0. The lowest BCUT2D eigenvalue weighted by molar-refractivity contribution is -0.384. The van der Waals surface area contributed by atoms with Gasteiger partial charge in [0, 0.05) is 4.47 Å². The van der Waals surface area contributed by atoms with Gasteiger partial charge < -0.3 is 10.1 Å². The van der Waals surface area contributed by atoms with E-state index in [-0.39, 0.29) is 11.3 Å². The zero-order chi connectivity index (χ0) is 17.7. The summed E-state index contributed by atoms with van der Waals surface area (Å²) < 4.78 is 18.4. The fraction of sp³-hybridized carbons (Fsp3) is 0.0667. The van der Waals surface area contributed by atoms with Gasteiger partial charge >= 0.3 is 5.97 Å². The summed E-state index contributed by atoms with van der Waals surface area (Å²) in [6.45, 7) is -0.644. The van der Waals surface area contributed by atoms with Crippen LogP contribution in [0.1, 0.15) is 10.4 Å². The molecule has 2 rings (SSSR count). The van der Waals surface area contributed by atoms with E-state index in [1.165, 1.54) is 6.07 Å². The highest BCUT2D eigenvalue weighted by Crippen LogP contribution is 2.25. The Morgan fingerprint density at radius 1 is 1.25 bits per heavy atom. The van der Waals surface area contributed by atoms with Crippen LogP contribution in [-0.4, -0.2) is 23.4 Å². The van der Waals surface area contributed by atoms with E-state index >= 15 is 0 Å². The predicted molar refractivity (Wildman–Crippen MR) is 86.1 cm³/mol. The van der Waals surface area contributed by atoms with Gasteiger partial charge in [-0.1, -0.05) is 12.1 Å². The van der Waals surface area contributed by atoms with Crippen LogP contribution in [0, 0.1) is 15.9 Å². The van der Waals surface area contributed by atoms with E-state index in [9.17, 15) is 24.1 Å². The number of halogens is 2. The van der Waals surface area contributed by atoms with Crippen molar-refractivity contribution in [2.45, 2.75) is 0 Å². The molecular formula is C15H10BrFN2O5. The first kappa shape index (κ1) is 17.5. The number of ether oxygens (including phenoxy) is 1. The summed E-state index contributed by atoms with van der Waals surface area (Å²) in [5, 5.41) is 13.0. The van der Waals surface area contributed by atoms with E-state index in [0.29, 0.717) is 10.5 Å². The molecular weight excluding hydrogens is 387 g/mol. The summed E-state index contributed by atoms with van der Waals surface area (Å²) >= 11 is 3.18. The number of carbonyl (C=O) groups excluding carboxylic acids is 2. The number of hydrogen-bond donors (Lipinski definition) is 1. The van der Waals surface area contributed by atoms with E-state index in [2.05, 4.69) is 21.2 Å². The first-order valence-electron chi connectivity index (χ1n) is 6.54. The second kappa shape index (κ2) is 7.64. The smallest absolute Gasteiger partial charge is 0.339 e. The van der Waals surface area contributed by atoms with Crippen LogP contribution in [0.25, 0.3) is 0 Å². The first-order valence-corrected chi connectivity index (χ1v) is 7.33. The van der Waals surface area contributed by atoms with Gasteiger partial charge in [-0.15, -0.1) is 0 Å². The monoisotopic (exact) mass is 396 g/mol. The van der Waals surface area contributed by atoms with Crippen molar-refractivity contribution in [2.24, 2.45) is 0 Å². The van der Waals surface area contributed by atoms with Crippen LogP contribution >= 0.6 is 15.9 Å². The van der Waals surface area contributed by atoms with Crippen LogP contribution in [-0.2, 0) is 9.53 Å². The third-order valence-corrected chi connectivity index (χ3v) is 3.55. The highest BCUT2D eigenvalue weighted by atomic mass is 79.9. The molecule has 0 spiro atoms. The normalized spacial score (nSPS) is 10.1. The van der Waals surface area contributed by atoms with Gasteiger partial charge in [0.25, 0.3) is 11.6 Å². The van der Waals surface area contributed by atoms with E-state index in [1.54, 1.807) is 18.2 Å². The second-order valence-corrected chi connectivity index (χ2v) is 5.38. The minimum absolute atomic E-state index is 0.191. The average molecular weight is 397 g/mol. The van der Waals surface area contributed by atoms with Crippen LogP contribution in [0.15, 0.2) is 46.9 Å². The number of benzene rings is 2. The van der Waals surface area contributed by atoms with Crippen molar-refractivity contribution < 1.29 is 23.6 Å². The Morgan fingerprint density at radius 2 is 1.96 bits per heavy atom. The molecule has 7 nitrogen and oxygen atoms in total. The number of nitrogens with zero attached hydrogens (tertiary/aromatic N) is 1. The molecule has 124 valence electrons. The fourth-order valence-electron chi connectivity index (χ4n) is 1.78. The average Bonchev–Trinajstić information content (AvgIpc) is 2.54. The summed E-state index contributed by atoms with van der Waals surface area (Å²) in [6.07, 6.45) is 0. The molecule has 0 aromatic heterocycles.